The van der Waals surface area contributed by atoms with E-state index in [9.17, 15) is 0 Å². The van der Waals surface area contributed by atoms with Crippen LogP contribution in [0, 0.1) is 0 Å². The normalized spacial score (nSPS) is 27.7. The fourth-order valence-electron chi connectivity index (χ4n) is 4.01. The zero-order chi connectivity index (χ0) is 15.5. The number of ether oxygens (including phenoxy) is 1. The molecule has 0 amide bonds. The van der Waals surface area contributed by atoms with Gasteiger partial charge in [-0.3, -0.25) is 4.98 Å². The first-order valence-corrected chi connectivity index (χ1v) is 8.63. The van der Waals surface area contributed by atoms with E-state index in [0.29, 0.717) is 5.92 Å². The number of nitrogens with zero attached hydrogens (tertiary/aromatic N) is 2. The van der Waals surface area contributed by atoms with Crippen molar-refractivity contribution < 1.29 is 4.74 Å². The molecule has 2 atom stereocenters. The van der Waals surface area contributed by atoms with Crippen LogP contribution in [0.2, 0.25) is 0 Å². The van der Waals surface area contributed by atoms with E-state index in [1.54, 1.807) is 0 Å². The van der Waals surface area contributed by atoms with E-state index in [-0.39, 0.29) is 5.60 Å². The number of pyridine rings is 1. The second kappa shape index (κ2) is 6.42. The van der Waals surface area contributed by atoms with Crippen LogP contribution in [0.3, 0.4) is 0 Å². The van der Waals surface area contributed by atoms with Crippen molar-refractivity contribution in [3.63, 3.8) is 0 Å². The van der Waals surface area contributed by atoms with Gasteiger partial charge in [-0.1, -0.05) is 36.4 Å². The summed E-state index contributed by atoms with van der Waals surface area (Å²) >= 11 is 0. The summed E-state index contributed by atoms with van der Waals surface area (Å²) in [5.74, 6) is 0.512. The molecule has 2 aliphatic heterocycles. The number of hydrogen-bond donors (Lipinski definition) is 0. The first-order valence-electron chi connectivity index (χ1n) is 8.63. The van der Waals surface area contributed by atoms with Crippen LogP contribution in [0.25, 0.3) is 0 Å². The Morgan fingerprint density at radius 2 is 2.09 bits per heavy atom. The summed E-state index contributed by atoms with van der Waals surface area (Å²) in [7, 11) is 0. The third-order valence-electron chi connectivity index (χ3n) is 5.32. The van der Waals surface area contributed by atoms with Crippen LogP contribution < -0.4 is 0 Å². The van der Waals surface area contributed by atoms with Crippen molar-refractivity contribution in [2.45, 2.75) is 30.8 Å². The molecule has 3 heteroatoms. The molecule has 2 saturated heterocycles. The monoisotopic (exact) mass is 308 g/mol. The molecule has 0 radical (unpaired) electrons. The Labute approximate surface area is 138 Å². The van der Waals surface area contributed by atoms with Gasteiger partial charge in [0.05, 0.1) is 12.2 Å². The van der Waals surface area contributed by atoms with Crippen LogP contribution in [0.4, 0.5) is 0 Å². The Balaban J connectivity index is 1.33. The number of benzene rings is 1. The molecular formula is C20H24N2O. The van der Waals surface area contributed by atoms with Crippen LogP contribution in [0.5, 0.6) is 0 Å². The number of likely N-dealkylation sites (tertiary alicyclic amines) is 1. The lowest BCUT2D eigenvalue weighted by Gasteiger charge is -2.23. The van der Waals surface area contributed by atoms with Gasteiger partial charge >= 0.3 is 0 Å². The average Bonchev–Trinajstić information content (AvgIpc) is 3.22. The summed E-state index contributed by atoms with van der Waals surface area (Å²) in [5, 5.41) is 0. The Morgan fingerprint density at radius 3 is 2.91 bits per heavy atom. The van der Waals surface area contributed by atoms with E-state index in [2.05, 4.69) is 46.3 Å². The molecule has 1 aromatic heterocycles. The van der Waals surface area contributed by atoms with Crippen molar-refractivity contribution in [3.8, 4) is 0 Å². The third kappa shape index (κ3) is 3.31. The highest BCUT2D eigenvalue weighted by molar-refractivity contribution is 5.19. The molecule has 0 N–H and O–H groups in total. The molecule has 1 spiro atoms. The topological polar surface area (TPSA) is 25.4 Å². The van der Waals surface area contributed by atoms with Gasteiger partial charge in [0.25, 0.3) is 0 Å². The minimum atomic E-state index is 0.0806. The van der Waals surface area contributed by atoms with Gasteiger partial charge in [0.1, 0.15) is 0 Å². The lowest BCUT2D eigenvalue weighted by Crippen LogP contribution is -2.33. The molecule has 3 nitrogen and oxygen atoms in total. The van der Waals surface area contributed by atoms with Gasteiger partial charge in [0.2, 0.25) is 0 Å². The quantitative estimate of drug-likeness (QED) is 0.867. The first kappa shape index (κ1) is 14.9. The summed E-state index contributed by atoms with van der Waals surface area (Å²) < 4.78 is 6.28. The van der Waals surface area contributed by atoms with Gasteiger partial charge in [-0.25, -0.2) is 0 Å². The maximum absolute atomic E-state index is 6.28. The van der Waals surface area contributed by atoms with Crippen LogP contribution >= 0.6 is 0 Å². The van der Waals surface area contributed by atoms with Crippen molar-refractivity contribution in [1.29, 1.82) is 0 Å². The molecular weight excluding hydrogens is 284 g/mol. The Morgan fingerprint density at radius 1 is 1.17 bits per heavy atom. The van der Waals surface area contributed by atoms with Crippen molar-refractivity contribution >= 4 is 0 Å². The van der Waals surface area contributed by atoms with Crippen molar-refractivity contribution in [1.82, 2.24) is 9.88 Å². The van der Waals surface area contributed by atoms with Crippen LogP contribution in [-0.4, -0.2) is 41.7 Å². The average molecular weight is 308 g/mol. The van der Waals surface area contributed by atoms with Gasteiger partial charge in [0, 0.05) is 37.9 Å². The van der Waals surface area contributed by atoms with Gasteiger partial charge in [-0.05, 0) is 36.5 Å². The lowest BCUT2D eigenvalue weighted by molar-refractivity contribution is 0.0125. The summed E-state index contributed by atoms with van der Waals surface area (Å²) in [4.78, 5) is 6.82. The zero-order valence-electron chi connectivity index (χ0n) is 13.5. The summed E-state index contributed by atoms with van der Waals surface area (Å²) in [5.41, 5.74) is 2.83. The van der Waals surface area contributed by atoms with Crippen LogP contribution in [0.15, 0.2) is 54.9 Å². The largest absolute Gasteiger partial charge is 0.373 e. The summed E-state index contributed by atoms with van der Waals surface area (Å²) in [6, 6.07) is 15.0. The van der Waals surface area contributed by atoms with Crippen molar-refractivity contribution in [2.75, 3.05) is 26.2 Å². The molecule has 2 unspecified atom stereocenters. The second-order valence-electron chi connectivity index (χ2n) is 6.94. The molecule has 0 aliphatic carbocycles. The van der Waals surface area contributed by atoms with E-state index in [1.807, 2.05) is 18.5 Å². The van der Waals surface area contributed by atoms with E-state index in [0.717, 1.165) is 39.1 Å². The first-order chi connectivity index (χ1) is 11.3. The highest BCUT2D eigenvalue weighted by Gasteiger charge is 2.45. The van der Waals surface area contributed by atoms with Gasteiger partial charge in [-0.15, -0.1) is 0 Å². The zero-order valence-corrected chi connectivity index (χ0v) is 13.5. The van der Waals surface area contributed by atoms with E-state index >= 15 is 0 Å². The third-order valence-corrected chi connectivity index (χ3v) is 5.32. The standard InChI is InChI=1S/C20H24N2O/c1-2-5-17(6-3-1)8-11-22-12-9-20(16-22)13-19(15-23-20)18-7-4-10-21-14-18/h1-7,10,14,19H,8-9,11-13,15-16H2. The highest BCUT2D eigenvalue weighted by atomic mass is 16.5. The Bertz CT molecular complexity index is 631. The van der Waals surface area contributed by atoms with E-state index in [4.69, 9.17) is 4.74 Å². The van der Waals surface area contributed by atoms with Crippen LogP contribution in [0.1, 0.15) is 29.9 Å². The summed E-state index contributed by atoms with van der Waals surface area (Å²) in [6.45, 7) is 4.22. The molecule has 120 valence electrons. The Kier molecular flexibility index (Phi) is 4.15. The fraction of sp³-hybridized carbons (Fsp3) is 0.450. The van der Waals surface area contributed by atoms with Gasteiger partial charge in [0.15, 0.2) is 0 Å². The molecule has 2 aromatic rings. The van der Waals surface area contributed by atoms with Gasteiger partial charge in [-0.2, -0.15) is 0 Å². The SMILES string of the molecule is c1ccc(CCN2CCC3(CC(c4cccnc4)CO3)C2)cc1. The Hall–Kier alpha value is -1.71. The smallest absolute Gasteiger partial charge is 0.0827 e. The number of rotatable bonds is 4. The number of aromatic nitrogens is 1. The molecule has 2 fully saturated rings. The molecule has 3 heterocycles. The molecule has 0 saturated carbocycles. The fourth-order valence-corrected chi connectivity index (χ4v) is 4.01. The number of hydrogen-bond acceptors (Lipinski definition) is 3. The van der Waals surface area contributed by atoms with Crippen LogP contribution in [-0.2, 0) is 11.2 Å². The van der Waals surface area contributed by atoms with Crippen molar-refractivity contribution in [2.24, 2.45) is 0 Å². The minimum Gasteiger partial charge on any atom is -0.373 e. The second-order valence-corrected chi connectivity index (χ2v) is 6.94. The molecule has 23 heavy (non-hydrogen) atoms. The van der Waals surface area contributed by atoms with E-state index < -0.39 is 0 Å². The maximum Gasteiger partial charge on any atom is 0.0827 e. The lowest BCUT2D eigenvalue weighted by atomic mass is 9.90. The van der Waals surface area contributed by atoms with E-state index in [1.165, 1.54) is 17.5 Å². The molecule has 1 aromatic carbocycles. The molecule has 4 rings (SSSR count). The predicted molar refractivity (Wildman–Crippen MR) is 91.5 cm³/mol. The minimum absolute atomic E-state index is 0.0806. The van der Waals surface area contributed by atoms with Gasteiger partial charge < -0.3 is 9.64 Å². The highest BCUT2D eigenvalue weighted by Crippen LogP contribution is 2.41. The predicted octanol–water partition coefficient (Wildman–Crippen LogP) is 3.27. The summed E-state index contributed by atoms with van der Waals surface area (Å²) in [6.07, 6.45) is 7.27. The van der Waals surface area contributed by atoms with Crippen molar-refractivity contribution in [3.05, 3.63) is 66.0 Å². The maximum atomic E-state index is 6.28. The molecule has 0 bridgehead atoms. The molecule has 2 aliphatic rings.